The smallest absolute Gasteiger partial charge is 0.223 e. The monoisotopic (exact) mass is 417 g/mol. The van der Waals surface area contributed by atoms with Gasteiger partial charge in [-0.2, -0.15) is 5.10 Å². The number of carbonyl (C=O) groups excluding carboxylic acids is 1. The highest BCUT2D eigenvalue weighted by Crippen LogP contribution is 2.32. The fourth-order valence-corrected chi connectivity index (χ4v) is 4.45. The van der Waals surface area contributed by atoms with Gasteiger partial charge in [-0.3, -0.25) is 9.48 Å². The maximum absolute atomic E-state index is 13.2. The number of carbonyl (C=O) groups is 1. The Balaban J connectivity index is 1.46. The number of hydrogen-bond acceptors (Lipinski definition) is 4. The van der Waals surface area contributed by atoms with Crippen LogP contribution in [0, 0.1) is 5.92 Å². The first-order valence-corrected chi connectivity index (χ1v) is 10.8. The van der Waals surface area contributed by atoms with Crippen molar-refractivity contribution in [1.82, 2.24) is 14.7 Å². The van der Waals surface area contributed by atoms with Gasteiger partial charge in [-0.05, 0) is 30.9 Å². The number of fused-ring (bicyclic) bond motifs is 1. The number of benzene rings is 1. The quantitative estimate of drug-likeness (QED) is 0.706. The molecule has 0 saturated heterocycles. The Hall–Kier alpha value is -2.21. The number of rotatable bonds is 6. The van der Waals surface area contributed by atoms with Crippen molar-refractivity contribution in [3.05, 3.63) is 41.2 Å². The molecule has 29 heavy (non-hydrogen) atoms. The Morgan fingerprint density at radius 3 is 2.72 bits per heavy atom. The summed E-state index contributed by atoms with van der Waals surface area (Å²) in [4.78, 5) is 15.0. The van der Waals surface area contributed by atoms with Crippen molar-refractivity contribution < 1.29 is 14.3 Å². The molecule has 1 saturated carbocycles. The minimum absolute atomic E-state index is 0.140. The second-order valence-electron chi connectivity index (χ2n) is 8.08. The number of amides is 1. The van der Waals surface area contributed by atoms with Crippen molar-refractivity contribution in [1.29, 1.82) is 0 Å². The molecule has 0 N–H and O–H groups in total. The topological polar surface area (TPSA) is 56.6 Å². The predicted octanol–water partition coefficient (Wildman–Crippen LogP) is 4.21. The van der Waals surface area contributed by atoms with E-state index < -0.39 is 0 Å². The Labute approximate surface area is 176 Å². The molecule has 1 atom stereocenters. The standard InChI is InChI=1S/C22H28ClN3O3/c1-25-13-18(23)19(24-25)14-26(22(27)11-16-7-3-2-4-8-16)12-17-15-28-20-9-5-6-10-21(20)29-17/h5-6,9-10,13,16-17H,2-4,7-8,11-12,14-15H2,1H3/t17-/m0/s1. The van der Waals surface area contributed by atoms with Crippen LogP contribution in [0.5, 0.6) is 11.5 Å². The van der Waals surface area contributed by atoms with Crippen molar-refractivity contribution in [2.75, 3.05) is 13.2 Å². The molecule has 0 bridgehead atoms. The molecule has 1 aromatic heterocycles. The van der Waals surface area contributed by atoms with Gasteiger partial charge < -0.3 is 14.4 Å². The van der Waals surface area contributed by atoms with E-state index in [9.17, 15) is 4.79 Å². The number of hydrogen-bond donors (Lipinski definition) is 0. The third kappa shape index (κ3) is 5.04. The number of aromatic nitrogens is 2. The lowest BCUT2D eigenvalue weighted by Gasteiger charge is -2.32. The number of nitrogens with zero attached hydrogens (tertiary/aromatic N) is 3. The summed E-state index contributed by atoms with van der Waals surface area (Å²) in [5.41, 5.74) is 0.711. The Bertz CT molecular complexity index is 848. The Kier molecular flexibility index (Phi) is 6.28. The van der Waals surface area contributed by atoms with Crippen molar-refractivity contribution in [3.63, 3.8) is 0 Å². The largest absolute Gasteiger partial charge is 0.486 e. The summed E-state index contributed by atoms with van der Waals surface area (Å²) >= 11 is 6.32. The normalized spacial score (nSPS) is 19.2. The summed E-state index contributed by atoms with van der Waals surface area (Å²) in [6, 6.07) is 7.63. The van der Waals surface area contributed by atoms with Crippen LogP contribution >= 0.6 is 11.6 Å². The Morgan fingerprint density at radius 2 is 2.00 bits per heavy atom. The highest BCUT2D eigenvalue weighted by molar-refractivity contribution is 6.31. The van der Waals surface area contributed by atoms with Crippen LogP contribution in [0.15, 0.2) is 30.5 Å². The van der Waals surface area contributed by atoms with Crippen molar-refractivity contribution in [3.8, 4) is 11.5 Å². The maximum Gasteiger partial charge on any atom is 0.223 e. The lowest BCUT2D eigenvalue weighted by Crippen LogP contribution is -2.44. The molecule has 0 unspecified atom stereocenters. The van der Waals surface area contributed by atoms with E-state index in [1.54, 1.807) is 10.9 Å². The van der Waals surface area contributed by atoms with Gasteiger partial charge in [0.2, 0.25) is 5.91 Å². The molecule has 2 aliphatic rings. The van der Waals surface area contributed by atoms with Gasteiger partial charge in [-0.15, -0.1) is 0 Å². The summed E-state index contributed by atoms with van der Waals surface area (Å²) in [5.74, 6) is 2.08. The first-order chi connectivity index (χ1) is 14.1. The molecule has 1 fully saturated rings. The van der Waals surface area contributed by atoms with E-state index in [0.29, 0.717) is 42.8 Å². The summed E-state index contributed by atoms with van der Waals surface area (Å²) in [5, 5.41) is 5.00. The van der Waals surface area contributed by atoms with Crippen LogP contribution in [0.3, 0.4) is 0 Å². The molecule has 1 aliphatic carbocycles. The molecular weight excluding hydrogens is 390 g/mol. The van der Waals surface area contributed by atoms with Gasteiger partial charge in [0, 0.05) is 19.7 Å². The zero-order valence-electron chi connectivity index (χ0n) is 16.8. The molecule has 1 aromatic carbocycles. The zero-order valence-corrected chi connectivity index (χ0v) is 17.6. The first kappa shape index (κ1) is 20.1. The average Bonchev–Trinajstić information content (AvgIpc) is 3.05. The van der Waals surface area contributed by atoms with E-state index >= 15 is 0 Å². The molecule has 0 radical (unpaired) electrons. The van der Waals surface area contributed by atoms with Crippen LogP contribution in [0.25, 0.3) is 0 Å². The number of aryl methyl sites for hydroxylation is 1. The highest BCUT2D eigenvalue weighted by Gasteiger charge is 2.28. The molecule has 4 rings (SSSR count). The predicted molar refractivity (Wildman–Crippen MR) is 111 cm³/mol. The number of ether oxygens (including phenoxy) is 2. The van der Waals surface area contributed by atoms with Gasteiger partial charge in [-0.25, -0.2) is 0 Å². The summed E-state index contributed by atoms with van der Waals surface area (Å²) in [6.45, 7) is 1.25. The van der Waals surface area contributed by atoms with Crippen LogP contribution in [0.4, 0.5) is 0 Å². The molecular formula is C22H28ClN3O3. The molecule has 2 heterocycles. The van der Waals surface area contributed by atoms with E-state index in [0.717, 1.165) is 24.3 Å². The van der Waals surface area contributed by atoms with Gasteiger partial charge in [0.15, 0.2) is 17.6 Å². The van der Waals surface area contributed by atoms with E-state index in [1.807, 2.05) is 36.2 Å². The zero-order chi connectivity index (χ0) is 20.2. The first-order valence-electron chi connectivity index (χ1n) is 10.4. The minimum atomic E-state index is -0.220. The van der Waals surface area contributed by atoms with Crippen LogP contribution in [-0.4, -0.2) is 39.8 Å². The Morgan fingerprint density at radius 1 is 1.24 bits per heavy atom. The molecule has 1 aliphatic heterocycles. The van der Waals surface area contributed by atoms with E-state index in [2.05, 4.69) is 5.10 Å². The van der Waals surface area contributed by atoms with Gasteiger partial charge >= 0.3 is 0 Å². The van der Waals surface area contributed by atoms with Crippen molar-refractivity contribution in [2.45, 2.75) is 51.2 Å². The number of para-hydroxylation sites is 2. The molecule has 6 nitrogen and oxygen atoms in total. The van der Waals surface area contributed by atoms with E-state index in [4.69, 9.17) is 21.1 Å². The van der Waals surface area contributed by atoms with Crippen LogP contribution in [0.2, 0.25) is 5.02 Å². The van der Waals surface area contributed by atoms with E-state index in [-0.39, 0.29) is 12.0 Å². The van der Waals surface area contributed by atoms with Crippen molar-refractivity contribution in [2.24, 2.45) is 13.0 Å². The summed E-state index contributed by atoms with van der Waals surface area (Å²) in [7, 11) is 1.83. The van der Waals surface area contributed by atoms with Gasteiger partial charge in [0.1, 0.15) is 12.3 Å². The fraction of sp³-hybridized carbons (Fsp3) is 0.545. The summed E-state index contributed by atoms with van der Waals surface area (Å²) < 4.78 is 13.6. The van der Waals surface area contributed by atoms with Crippen LogP contribution < -0.4 is 9.47 Å². The third-order valence-electron chi connectivity index (χ3n) is 5.73. The van der Waals surface area contributed by atoms with Gasteiger partial charge in [0.25, 0.3) is 0 Å². The second-order valence-corrected chi connectivity index (χ2v) is 8.48. The molecule has 2 aromatic rings. The van der Waals surface area contributed by atoms with E-state index in [1.165, 1.54) is 19.3 Å². The second kappa shape index (κ2) is 9.08. The molecule has 156 valence electrons. The number of halogens is 1. The van der Waals surface area contributed by atoms with Crippen LogP contribution in [-0.2, 0) is 18.4 Å². The molecule has 7 heteroatoms. The third-order valence-corrected chi connectivity index (χ3v) is 6.04. The lowest BCUT2D eigenvalue weighted by molar-refractivity contribution is -0.134. The SMILES string of the molecule is Cn1cc(Cl)c(CN(C[C@H]2COc3ccccc3O2)C(=O)CC2CCCCC2)n1. The highest BCUT2D eigenvalue weighted by atomic mass is 35.5. The molecule has 1 amide bonds. The van der Waals surface area contributed by atoms with Crippen LogP contribution in [0.1, 0.15) is 44.2 Å². The average molecular weight is 418 g/mol. The lowest BCUT2D eigenvalue weighted by atomic mass is 9.86. The van der Waals surface area contributed by atoms with Crippen molar-refractivity contribution >= 4 is 17.5 Å². The van der Waals surface area contributed by atoms with Gasteiger partial charge in [-0.1, -0.05) is 43.0 Å². The summed E-state index contributed by atoms with van der Waals surface area (Å²) in [6.07, 6.45) is 8.13. The molecule has 0 spiro atoms. The fourth-order valence-electron chi connectivity index (χ4n) is 4.21. The van der Waals surface area contributed by atoms with Gasteiger partial charge in [0.05, 0.1) is 18.1 Å². The maximum atomic E-state index is 13.2. The minimum Gasteiger partial charge on any atom is -0.486 e.